The average molecular weight is 275 g/mol. The number of ketones is 1. The van der Waals surface area contributed by atoms with Crippen LogP contribution in [0, 0.1) is 6.92 Å². The second kappa shape index (κ2) is 5.00. The molecule has 0 saturated heterocycles. The highest BCUT2D eigenvalue weighted by atomic mass is 16.5. The molecule has 1 aromatic carbocycles. The van der Waals surface area contributed by atoms with Crippen LogP contribution in [0.15, 0.2) is 18.2 Å². The van der Waals surface area contributed by atoms with Crippen LogP contribution in [0.1, 0.15) is 29.9 Å². The molecule has 0 bridgehead atoms. The maximum Gasteiger partial charge on any atom is 0.377 e. The topological polar surface area (TPSA) is 68.5 Å². The number of aliphatic carboxylic acids is 1. The number of benzene rings is 1. The van der Waals surface area contributed by atoms with E-state index in [-0.39, 0.29) is 11.7 Å². The first-order valence-corrected chi connectivity index (χ1v) is 6.36. The van der Waals surface area contributed by atoms with Gasteiger partial charge in [0, 0.05) is 23.6 Å². The van der Waals surface area contributed by atoms with E-state index in [1.165, 1.54) is 0 Å². The number of hydrogen-bond acceptors (Lipinski definition) is 3. The van der Waals surface area contributed by atoms with E-state index in [0.717, 1.165) is 5.52 Å². The smallest absolute Gasteiger partial charge is 0.377 e. The number of fused-ring (bicyclic) bond motifs is 1. The number of Topliss-reactive ketones (excluding diaryl/α,β-unsaturated/α-hetero) is 1. The van der Waals surface area contributed by atoms with Crippen LogP contribution in [0.3, 0.4) is 0 Å². The van der Waals surface area contributed by atoms with Crippen molar-refractivity contribution in [2.75, 3.05) is 0 Å². The largest absolute Gasteiger partial charge is 0.491 e. The number of carbonyl (C=O) groups excluding carboxylic acids is 1. The summed E-state index contributed by atoms with van der Waals surface area (Å²) in [6.45, 7) is 5.55. The lowest BCUT2D eigenvalue weighted by Crippen LogP contribution is -2.14. The van der Waals surface area contributed by atoms with E-state index in [1.807, 2.05) is 30.5 Å². The Balaban J connectivity index is 2.69. The fourth-order valence-corrected chi connectivity index (χ4v) is 2.29. The molecular weight excluding hydrogens is 258 g/mol. The Bertz CT molecular complexity index is 697. The number of ether oxygens (including phenoxy) is 1. The van der Waals surface area contributed by atoms with Crippen molar-refractivity contribution < 1.29 is 19.4 Å². The van der Waals surface area contributed by atoms with Crippen molar-refractivity contribution >= 4 is 22.7 Å². The monoisotopic (exact) mass is 275 g/mol. The summed E-state index contributed by atoms with van der Waals surface area (Å²) in [5, 5.41) is 9.56. The quantitative estimate of drug-likeness (QED) is 0.687. The highest BCUT2D eigenvalue weighted by molar-refractivity contribution is 6.42. The van der Waals surface area contributed by atoms with Crippen molar-refractivity contribution in [3.8, 4) is 5.75 Å². The highest BCUT2D eigenvalue weighted by Gasteiger charge is 2.24. The molecule has 106 valence electrons. The van der Waals surface area contributed by atoms with Gasteiger partial charge < -0.3 is 14.4 Å². The Morgan fingerprint density at radius 3 is 2.50 bits per heavy atom. The van der Waals surface area contributed by atoms with Gasteiger partial charge in [-0.1, -0.05) is 0 Å². The zero-order valence-corrected chi connectivity index (χ0v) is 11.9. The molecule has 1 heterocycles. The molecule has 1 aromatic heterocycles. The molecule has 20 heavy (non-hydrogen) atoms. The lowest BCUT2D eigenvalue weighted by atomic mass is 10.1. The van der Waals surface area contributed by atoms with E-state index in [2.05, 4.69) is 0 Å². The zero-order chi connectivity index (χ0) is 15.0. The number of rotatable bonds is 4. The molecule has 0 radical (unpaired) electrons. The summed E-state index contributed by atoms with van der Waals surface area (Å²) in [7, 11) is 1.80. The van der Waals surface area contributed by atoms with Crippen LogP contribution in [0.4, 0.5) is 0 Å². The van der Waals surface area contributed by atoms with Crippen molar-refractivity contribution in [1.29, 1.82) is 0 Å². The number of carboxylic acids is 1. The Morgan fingerprint density at radius 1 is 1.30 bits per heavy atom. The average Bonchev–Trinajstić information content (AvgIpc) is 2.60. The molecule has 0 atom stereocenters. The number of nitrogens with zero attached hydrogens (tertiary/aromatic N) is 1. The van der Waals surface area contributed by atoms with Gasteiger partial charge in [0.25, 0.3) is 5.78 Å². The SMILES string of the molecule is Cc1c(C(=O)C(=O)O)c2cc(OC(C)C)ccc2n1C. The van der Waals surface area contributed by atoms with Gasteiger partial charge in [-0.2, -0.15) is 0 Å². The van der Waals surface area contributed by atoms with Gasteiger partial charge in [0.05, 0.1) is 11.7 Å². The van der Waals surface area contributed by atoms with Gasteiger partial charge in [0.1, 0.15) is 5.75 Å². The molecule has 0 aliphatic carbocycles. The molecule has 0 aliphatic rings. The van der Waals surface area contributed by atoms with Crippen molar-refractivity contribution in [2.24, 2.45) is 7.05 Å². The summed E-state index contributed by atoms with van der Waals surface area (Å²) in [5.41, 5.74) is 1.67. The Kier molecular flexibility index (Phi) is 3.53. The normalized spacial score (nSPS) is 11.1. The molecule has 1 N–H and O–H groups in total. The lowest BCUT2D eigenvalue weighted by Gasteiger charge is -2.09. The third-order valence-corrected chi connectivity index (χ3v) is 3.26. The van der Waals surface area contributed by atoms with Gasteiger partial charge in [0.2, 0.25) is 0 Å². The number of carboxylic acid groups (broad SMARTS) is 1. The molecule has 0 unspecified atom stereocenters. The van der Waals surface area contributed by atoms with Crippen LogP contribution in [0.25, 0.3) is 10.9 Å². The summed E-state index contributed by atoms with van der Waals surface area (Å²) >= 11 is 0. The van der Waals surface area contributed by atoms with E-state index in [4.69, 9.17) is 9.84 Å². The Morgan fingerprint density at radius 2 is 1.95 bits per heavy atom. The molecule has 0 amide bonds. The lowest BCUT2D eigenvalue weighted by molar-refractivity contribution is -0.131. The number of hydrogen-bond donors (Lipinski definition) is 1. The predicted octanol–water partition coefficient (Wildman–Crippen LogP) is 2.54. The standard InChI is InChI=1S/C15H17NO4/c1-8(2)20-10-5-6-12-11(7-10)13(9(3)16(12)4)14(17)15(18)19/h5-8H,1-4H3,(H,18,19). The fourth-order valence-electron chi connectivity index (χ4n) is 2.29. The van der Waals surface area contributed by atoms with Crippen LogP contribution < -0.4 is 4.74 Å². The van der Waals surface area contributed by atoms with Gasteiger partial charge in [-0.3, -0.25) is 4.79 Å². The molecule has 2 rings (SSSR count). The zero-order valence-electron chi connectivity index (χ0n) is 11.9. The summed E-state index contributed by atoms with van der Waals surface area (Å²) in [6.07, 6.45) is 0.0101. The third kappa shape index (κ3) is 2.27. The fraction of sp³-hybridized carbons (Fsp3) is 0.333. The third-order valence-electron chi connectivity index (χ3n) is 3.26. The summed E-state index contributed by atoms with van der Waals surface area (Å²) in [6, 6.07) is 5.37. The molecule has 2 aromatic rings. The number of aromatic nitrogens is 1. The predicted molar refractivity (Wildman–Crippen MR) is 75.4 cm³/mol. The summed E-state index contributed by atoms with van der Waals surface area (Å²) < 4.78 is 7.41. The van der Waals surface area contributed by atoms with Crippen LogP contribution >= 0.6 is 0 Å². The van der Waals surface area contributed by atoms with Crippen LogP contribution in [0.2, 0.25) is 0 Å². The molecule has 5 heteroatoms. The van der Waals surface area contributed by atoms with Crippen LogP contribution in [0.5, 0.6) is 5.75 Å². The van der Waals surface area contributed by atoms with E-state index in [1.54, 1.807) is 20.0 Å². The minimum absolute atomic E-state index is 0.0101. The van der Waals surface area contributed by atoms with E-state index in [9.17, 15) is 9.59 Å². The molecule has 5 nitrogen and oxygen atoms in total. The molecule has 0 saturated carbocycles. The second-order valence-electron chi connectivity index (χ2n) is 5.00. The Labute approximate surface area is 116 Å². The van der Waals surface area contributed by atoms with Crippen molar-refractivity contribution in [1.82, 2.24) is 4.57 Å². The van der Waals surface area contributed by atoms with Crippen molar-refractivity contribution in [3.05, 3.63) is 29.5 Å². The molecule has 0 aliphatic heterocycles. The minimum atomic E-state index is -1.45. The maximum absolute atomic E-state index is 11.9. The highest BCUT2D eigenvalue weighted by Crippen LogP contribution is 2.29. The van der Waals surface area contributed by atoms with E-state index in [0.29, 0.717) is 16.8 Å². The first kappa shape index (κ1) is 14.1. The number of carbonyl (C=O) groups is 2. The van der Waals surface area contributed by atoms with Crippen LogP contribution in [-0.4, -0.2) is 27.5 Å². The van der Waals surface area contributed by atoms with Crippen molar-refractivity contribution in [3.63, 3.8) is 0 Å². The van der Waals surface area contributed by atoms with E-state index < -0.39 is 11.8 Å². The van der Waals surface area contributed by atoms with Gasteiger partial charge in [-0.15, -0.1) is 0 Å². The minimum Gasteiger partial charge on any atom is -0.491 e. The molecule has 0 spiro atoms. The van der Waals surface area contributed by atoms with Crippen molar-refractivity contribution in [2.45, 2.75) is 26.9 Å². The van der Waals surface area contributed by atoms with Gasteiger partial charge in [-0.05, 0) is 39.0 Å². The summed E-state index contributed by atoms with van der Waals surface area (Å²) in [4.78, 5) is 22.8. The van der Waals surface area contributed by atoms with Gasteiger partial charge >= 0.3 is 5.97 Å². The Hall–Kier alpha value is -2.30. The first-order chi connectivity index (χ1) is 9.32. The van der Waals surface area contributed by atoms with E-state index >= 15 is 0 Å². The first-order valence-electron chi connectivity index (χ1n) is 6.36. The second-order valence-corrected chi connectivity index (χ2v) is 5.00. The molecule has 0 fully saturated rings. The maximum atomic E-state index is 11.9. The number of aryl methyl sites for hydroxylation is 1. The van der Waals surface area contributed by atoms with Gasteiger partial charge in [-0.25, -0.2) is 4.79 Å². The molecular formula is C15H17NO4. The van der Waals surface area contributed by atoms with Crippen LogP contribution in [-0.2, 0) is 11.8 Å². The summed E-state index contributed by atoms with van der Waals surface area (Å²) in [5.74, 6) is -1.72. The van der Waals surface area contributed by atoms with Gasteiger partial charge in [0.15, 0.2) is 0 Å².